The van der Waals surface area contributed by atoms with E-state index in [4.69, 9.17) is 5.84 Å². The van der Waals surface area contributed by atoms with Crippen LogP contribution in [-0.4, -0.2) is 16.4 Å². The quantitative estimate of drug-likeness (QED) is 0.420. The van der Waals surface area contributed by atoms with E-state index >= 15 is 0 Å². The molecule has 20 heavy (non-hydrogen) atoms. The molecule has 1 amide bonds. The van der Waals surface area contributed by atoms with E-state index in [-0.39, 0.29) is 16.9 Å². The van der Waals surface area contributed by atoms with E-state index in [1.54, 1.807) is 6.07 Å². The van der Waals surface area contributed by atoms with Crippen LogP contribution < -0.4 is 16.6 Å². The molecule has 7 heteroatoms. The summed E-state index contributed by atoms with van der Waals surface area (Å²) in [6.45, 7) is 5.77. The molecule has 0 aliphatic rings. The van der Waals surface area contributed by atoms with Gasteiger partial charge in [0, 0.05) is 5.54 Å². The molecule has 0 atom stereocenters. The van der Waals surface area contributed by atoms with E-state index in [2.05, 4.69) is 10.7 Å². The molecule has 0 fully saturated rings. The van der Waals surface area contributed by atoms with Crippen LogP contribution >= 0.6 is 0 Å². The minimum absolute atomic E-state index is 0.00497. The number of nitrogens with zero attached hydrogens (tertiary/aromatic N) is 1. The molecule has 0 saturated carbocycles. The monoisotopic (exact) mass is 280 g/mol. The van der Waals surface area contributed by atoms with Gasteiger partial charge in [0.25, 0.3) is 5.91 Å². The molecule has 110 valence electrons. The number of nitro groups is 1. The summed E-state index contributed by atoms with van der Waals surface area (Å²) in [6.07, 6.45) is 1.68. The van der Waals surface area contributed by atoms with Crippen molar-refractivity contribution in [3.8, 4) is 0 Å². The Morgan fingerprint density at radius 1 is 1.45 bits per heavy atom. The van der Waals surface area contributed by atoms with Crippen molar-refractivity contribution in [1.29, 1.82) is 0 Å². The lowest BCUT2D eigenvalue weighted by molar-refractivity contribution is -0.384. The van der Waals surface area contributed by atoms with Crippen molar-refractivity contribution in [2.24, 2.45) is 5.84 Å². The molecule has 1 aromatic carbocycles. The van der Waals surface area contributed by atoms with Gasteiger partial charge in [0.15, 0.2) is 0 Å². The fourth-order valence-electron chi connectivity index (χ4n) is 2.10. The zero-order valence-corrected chi connectivity index (χ0v) is 11.9. The minimum atomic E-state index is -0.614. The van der Waals surface area contributed by atoms with E-state index in [1.807, 2.05) is 20.8 Å². The Kier molecular flexibility index (Phi) is 5.04. The summed E-state index contributed by atoms with van der Waals surface area (Å²) in [5.74, 6) is 4.77. The number of carbonyl (C=O) groups excluding carboxylic acids is 1. The molecular weight excluding hydrogens is 260 g/mol. The SMILES string of the molecule is CCCC(C)(C)NC(=O)c1cccc(NN)c1[N+](=O)[O-]. The topological polar surface area (TPSA) is 110 Å². The standard InChI is InChI=1S/C13H20N4O3/c1-4-8-13(2,3)15-12(18)9-6-5-7-10(16-14)11(9)17(19)20/h5-7,16H,4,8,14H2,1-3H3,(H,15,18). The molecule has 0 spiro atoms. The van der Waals surface area contributed by atoms with Gasteiger partial charge in [-0.25, -0.2) is 0 Å². The number of nitro benzene ring substituents is 1. The predicted octanol–water partition coefficient (Wildman–Crippen LogP) is 2.19. The number of benzene rings is 1. The number of hydrogen-bond acceptors (Lipinski definition) is 5. The zero-order valence-electron chi connectivity index (χ0n) is 11.9. The second-order valence-corrected chi connectivity index (χ2v) is 5.19. The van der Waals surface area contributed by atoms with Gasteiger partial charge in [-0.05, 0) is 32.4 Å². The van der Waals surface area contributed by atoms with Gasteiger partial charge in [-0.2, -0.15) is 0 Å². The molecule has 0 heterocycles. The largest absolute Gasteiger partial charge is 0.347 e. The van der Waals surface area contributed by atoms with Gasteiger partial charge in [0.2, 0.25) is 0 Å². The summed E-state index contributed by atoms with van der Waals surface area (Å²) in [7, 11) is 0. The highest BCUT2D eigenvalue weighted by atomic mass is 16.6. The fourth-order valence-corrected chi connectivity index (χ4v) is 2.10. The number of nitrogens with one attached hydrogen (secondary N) is 2. The van der Waals surface area contributed by atoms with Crippen molar-refractivity contribution in [1.82, 2.24) is 5.32 Å². The second kappa shape index (κ2) is 6.33. The fraction of sp³-hybridized carbons (Fsp3) is 0.462. The first-order chi connectivity index (χ1) is 9.32. The molecule has 0 unspecified atom stereocenters. The molecule has 1 aromatic rings. The van der Waals surface area contributed by atoms with E-state index in [9.17, 15) is 14.9 Å². The molecule has 0 aliphatic carbocycles. The van der Waals surface area contributed by atoms with E-state index < -0.39 is 16.4 Å². The van der Waals surface area contributed by atoms with E-state index in [1.165, 1.54) is 12.1 Å². The van der Waals surface area contributed by atoms with Gasteiger partial charge < -0.3 is 10.7 Å². The predicted molar refractivity (Wildman–Crippen MR) is 77.4 cm³/mol. The molecule has 0 radical (unpaired) electrons. The lowest BCUT2D eigenvalue weighted by Crippen LogP contribution is -2.43. The van der Waals surface area contributed by atoms with Crippen molar-refractivity contribution < 1.29 is 9.72 Å². The number of hydrogen-bond donors (Lipinski definition) is 3. The Bertz CT molecular complexity index is 514. The number of nitrogen functional groups attached to an aromatic ring is 1. The maximum Gasteiger partial charge on any atom is 0.306 e. The number of nitrogens with two attached hydrogens (primary N) is 1. The highest BCUT2D eigenvalue weighted by Gasteiger charge is 2.27. The van der Waals surface area contributed by atoms with E-state index in [0.29, 0.717) is 0 Å². The van der Waals surface area contributed by atoms with Crippen LogP contribution in [0.25, 0.3) is 0 Å². The number of rotatable bonds is 6. The van der Waals surface area contributed by atoms with Crippen LogP contribution in [0.4, 0.5) is 11.4 Å². The highest BCUT2D eigenvalue weighted by Crippen LogP contribution is 2.28. The molecule has 7 nitrogen and oxygen atoms in total. The van der Waals surface area contributed by atoms with Crippen LogP contribution in [-0.2, 0) is 0 Å². The molecule has 0 aromatic heterocycles. The van der Waals surface area contributed by atoms with Crippen molar-refractivity contribution in [2.45, 2.75) is 39.2 Å². The lowest BCUT2D eigenvalue weighted by atomic mass is 9.98. The average molecular weight is 280 g/mol. The Morgan fingerprint density at radius 2 is 2.10 bits per heavy atom. The summed E-state index contributed by atoms with van der Waals surface area (Å²) in [6, 6.07) is 4.41. The minimum Gasteiger partial charge on any atom is -0.347 e. The first-order valence-corrected chi connectivity index (χ1v) is 6.39. The normalized spacial score (nSPS) is 11.0. The number of para-hydroxylation sites is 1. The van der Waals surface area contributed by atoms with Crippen molar-refractivity contribution in [2.75, 3.05) is 5.43 Å². The van der Waals surface area contributed by atoms with Gasteiger partial charge in [-0.1, -0.05) is 19.4 Å². The van der Waals surface area contributed by atoms with Crippen molar-refractivity contribution >= 4 is 17.3 Å². The lowest BCUT2D eigenvalue weighted by Gasteiger charge is -2.25. The number of anilines is 1. The van der Waals surface area contributed by atoms with Gasteiger partial charge >= 0.3 is 5.69 Å². The third-order valence-corrected chi connectivity index (χ3v) is 2.95. The number of hydrazine groups is 1. The second-order valence-electron chi connectivity index (χ2n) is 5.19. The maximum atomic E-state index is 12.2. The zero-order chi connectivity index (χ0) is 15.3. The molecule has 0 saturated heterocycles. The van der Waals surface area contributed by atoms with Crippen LogP contribution in [0, 0.1) is 10.1 Å². The Hall–Kier alpha value is -2.15. The summed E-state index contributed by atoms with van der Waals surface area (Å²) in [5, 5.41) is 13.9. The van der Waals surface area contributed by atoms with Gasteiger partial charge in [0.05, 0.1) is 4.92 Å². The smallest absolute Gasteiger partial charge is 0.306 e. The Labute approximate surface area is 117 Å². The summed E-state index contributed by atoms with van der Waals surface area (Å²) in [4.78, 5) is 22.8. The first-order valence-electron chi connectivity index (χ1n) is 6.39. The molecule has 0 bridgehead atoms. The Morgan fingerprint density at radius 3 is 2.60 bits per heavy atom. The molecule has 1 rings (SSSR count). The van der Waals surface area contributed by atoms with Crippen LogP contribution in [0.3, 0.4) is 0 Å². The highest BCUT2D eigenvalue weighted by molar-refractivity contribution is 6.00. The third-order valence-electron chi connectivity index (χ3n) is 2.95. The average Bonchev–Trinajstić information content (AvgIpc) is 2.36. The summed E-state index contributed by atoms with van der Waals surface area (Å²) in [5.41, 5.74) is 1.60. The van der Waals surface area contributed by atoms with Gasteiger partial charge in [0.1, 0.15) is 11.3 Å². The summed E-state index contributed by atoms with van der Waals surface area (Å²) < 4.78 is 0. The van der Waals surface area contributed by atoms with Crippen LogP contribution in [0.1, 0.15) is 44.0 Å². The molecule has 4 N–H and O–H groups in total. The third kappa shape index (κ3) is 3.67. The van der Waals surface area contributed by atoms with Crippen molar-refractivity contribution in [3.63, 3.8) is 0 Å². The van der Waals surface area contributed by atoms with E-state index in [0.717, 1.165) is 12.8 Å². The molecule has 0 aliphatic heterocycles. The number of amides is 1. The number of carbonyl (C=O) groups is 1. The van der Waals surface area contributed by atoms with Gasteiger partial charge in [-0.15, -0.1) is 0 Å². The molecular formula is C13H20N4O3. The van der Waals surface area contributed by atoms with Crippen LogP contribution in [0.5, 0.6) is 0 Å². The van der Waals surface area contributed by atoms with Crippen LogP contribution in [0.15, 0.2) is 18.2 Å². The van der Waals surface area contributed by atoms with Crippen LogP contribution in [0.2, 0.25) is 0 Å². The van der Waals surface area contributed by atoms with Crippen molar-refractivity contribution in [3.05, 3.63) is 33.9 Å². The summed E-state index contributed by atoms with van der Waals surface area (Å²) >= 11 is 0. The maximum absolute atomic E-state index is 12.2. The Balaban J connectivity index is 3.13. The van der Waals surface area contributed by atoms with Gasteiger partial charge in [-0.3, -0.25) is 20.8 Å². The first kappa shape index (κ1) is 15.9.